The first-order valence-corrected chi connectivity index (χ1v) is 11.2. The normalized spacial score (nSPS) is 17.3. The van der Waals surface area contributed by atoms with Gasteiger partial charge < -0.3 is 10.1 Å². The maximum absolute atomic E-state index is 13.8. The Labute approximate surface area is 198 Å². The second kappa shape index (κ2) is 9.13. The van der Waals surface area contributed by atoms with E-state index in [0.717, 1.165) is 16.7 Å². The lowest BCUT2D eigenvalue weighted by Crippen LogP contribution is -2.64. The molecule has 2 heterocycles. The molecule has 34 heavy (non-hydrogen) atoms. The maximum Gasteiger partial charge on any atom is 0.358 e. The van der Waals surface area contributed by atoms with Crippen LogP contribution in [0.1, 0.15) is 51.5 Å². The number of carbonyl (C=O) groups excluding carboxylic acids is 3. The van der Waals surface area contributed by atoms with E-state index in [0.29, 0.717) is 12.2 Å². The van der Waals surface area contributed by atoms with Crippen molar-refractivity contribution in [2.45, 2.75) is 46.3 Å². The minimum atomic E-state index is -1.28. The number of aryl methyl sites for hydroxylation is 2. The molecule has 1 aliphatic heterocycles. The summed E-state index contributed by atoms with van der Waals surface area (Å²) in [5.41, 5.74) is 2.50. The Morgan fingerprint density at radius 3 is 2.53 bits per heavy atom. The number of aromatic nitrogens is 2. The van der Waals surface area contributed by atoms with E-state index in [2.05, 4.69) is 10.4 Å². The van der Waals surface area contributed by atoms with Crippen LogP contribution < -0.4 is 10.2 Å². The Morgan fingerprint density at radius 2 is 1.85 bits per heavy atom. The second-order valence-electron chi connectivity index (χ2n) is 8.67. The summed E-state index contributed by atoms with van der Waals surface area (Å²) in [4.78, 5) is 41.2. The first-order valence-electron chi connectivity index (χ1n) is 11.2. The molecule has 1 N–H and O–H groups in total. The van der Waals surface area contributed by atoms with Crippen LogP contribution in [-0.2, 0) is 22.6 Å². The third-order valence-corrected chi connectivity index (χ3v) is 6.02. The van der Waals surface area contributed by atoms with Crippen molar-refractivity contribution in [3.63, 3.8) is 0 Å². The largest absolute Gasteiger partial charge is 0.461 e. The molecule has 0 spiro atoms. The fourth-order valence-corrected chi connectivity index (χ4v) is 4.29. The summed E-state index contributed by atoms with van der Waals surface area (Å²) in [5.74, 6) is -1.33. The molecule has 0 aliphatic carbocycles. The molecule has 0 saturated carbocycles. The van der Waals surface area contributed by atoms with Gasteiger partial charge in [-0.15, -0.1) is 0 Å². The summed E-state index contributed by atoms with van der Waals surface area (Å²) < 4.78 is 6.48. The zero-order valence-electron chi connectivity index (χ0n) is 19.8. The Hall–Kier alpha value is -3.94. The molecule has 176 valence electrons. The number of anilines is 1. The summed E-state index contributed by atoms with van der Waals surface area (Å²) in [6.07, 6.45) is 0. The fraction of sp³-hybridized carbons (Fsp3) is 0.308. The van der Waals surface area contributed by atoms with Gasteiger partial charge in [-0.2, -0.15) is 5.10 Å². The van der Waals surface area contributed by atoms with E-state index in [-0.39, 0.29) is 30.4 Å². The highest BCUT2D eigenvalue weighted by Gasteiger charge is 2.49. The van der Waals surface area contributed by atoms with Gasteiger partial charge in [0.05, 0.1) is 13.2 Å². The van der Waals surface area contributed by atoms with Gasteiger partial charge >= 0.3 is 5.97 Å². The lowest BCUT2D eigenvalue weighted by atomic mass is 9.92. The molecule has 4 rings (SSSR count). The van der Waals surface area contributed by atoms with E-state index >= 15 is 0 Å². The molecule has 0 unspecified atom stereocenters. The molecule has 0 saturated heterocycles. The number of carbonyl (C=O) groups is 3. The SMILES string of the molecule is CCOC(=O)c1cc2n(n1)C[C@](C)(C(=O)NCc1ccccc1)N(c1ccc(C)cc1C)C2=O. The molecular formula is C26H28N4O4. The van der Waals surface area contributed by atoms with Crippen molar-refractivity contribution in [2.75, 3.05) is 11.5 Å². The summed E-state index contributed by atoms with van der Waals surface area (Å²) in [6.45, 7) is 7.91. The van der Waals surface area contributed by atoms with Crippen molar-refractivity contribution >= 4 is 23.5 Å². The number of rotatable bonds is 6. The average molecular weight is 461 g/mol. The highest BCUT2D eigenvalue weighted by molar-refractivity contribution is 6.12. The number of benzene rings is 2. The van der Waals surface area contributed by atoms with Crippen LogP contribution in [0.15, 0.2) is 54.6 Å². The van der Waals surface area contributed by atoms with Gasteiger partial charge in [0.1, 0.15) is 11.2 Å². The van der Waals surface area contributed by atoms with Crippen LogP contribution in [-0.4, -0.2) is 39.7 Å². The van der Waals surface area contributed by atoms with Crippen molar-refractivity contribution < 1.29 is 19.1 Å². The molecular weight excluding hydrogens is 432 g/mol. The van der Waals surface area contributed by atoms with Gasteiger partial charge in [0.2, 0.25) is 5.91 Å². The van der Waals surface area contributed by atoms with Crippen molar-refractivity contribution in [3.8, 4) is 0 Å². The van der Waals surface area contributed by atoms with Crippen LogP contribution in [0.4, 0.5) is 5.69 Å². The number of hydrogen-bond donors (Lipinski definition) is 1. The highest BCUT2D eigenvalue weighted by atomic mass is 16.5. The third-order valence-electron chi connectivity index (χ3n) is 6.02. The van der Waals surface area contributed by atoms with E-state index in [4.69, 9.17) is 4.74 Å². The second-order valence-corrected chi connectivity index (χ2v) is 8.67. The van der Waals surface area contributed by atoms with Crippen molar-refractivity contribution in [1.29, 1.82) is 0 Å². The Bertz CT molecular complexity index is 1250. The molecule has 8 nitrogen and oxygen atoms in total. The summed E-state index contributed by atoms with van der Waals surface area (Å²) >= 11 is 0. The minimum Gasteiger partial charge on any atom is -0.461 e. The fourth-order valence-electron chi connectivity index (χ4n) is 4.29. The molecule has 1 aromatic heterocycles. The van der Waals surface area contributed by atoms with Gasteiger partial charge in [-0.25, -0.2) is 4.79 Å². The van der Waals surface area contributed by atoms with Crippen LogP contribution >= 0.6 is 0 Å². The molecule has 2 aromatic carbocycles. The predicted molar refractivity (Wildman–Crippen MR) is 128 cm³/mol. The van der Waals surface area contributed by atoms with Crippen molar-refractivity contribution in [2.24, 2.45) is 0 Å². The van der Waals surface area contributed by atoms with Gasteiger partial charge in [-0.1, -0.05) is 48.0 Å². The van der Waals surface area contributed by atoms with Gasteiger partial charge in [0.25, 0.3) is 5.91 Å². The number of ether oxygens (including phenoxy) is 1. The Morgan fingerprint density at radius 1 is 1.12 bits per heavy atom. The number of hydrogen-bond acceptors (Lipinski definition) is 5. The molecule has 3 aromatic rings. The zero-order chi connectivity index (χ0) is 24.5. The summed E-state index contributed by atoms with van der Waals surface area (Å²) in [5, 5.41) is 7.27. The van der Waals surface area contributed by atoms with Crippen molar-refractivity contribution in [3.05, 3.63) is 82.7 Å². The first-order chi connectivity index (χ1) is 16.2. The predicted octanol–water partition coefficient (Wildman–Crippen LogP) is 3.41. The van der Waals surface area contributed by atoms with E-state index in [1.807, 2.05) is 62.4 Å². The number of nitrogens with zero attached hydrogens (tertiary/aromatic N) is 3. The number of fused-ring (bicyclic) bond motifs is 1. The quantitative estimate of drug-likeness (QED) is 0.569. The van der Waals surface area contributed by atoms with Crippen LogP contribution in [0, 0.1) is 13.8 Å². The maximum atomic E-state index is 13.8. The van der Waals surface area contributed by atoms with E-state index < -0.39 is 17.4 Å². The minimum absolute atomic E-state index is 0.0414. The van der Waals surface area contributed by atoms with Gasteiger partial charge in [0, 0.05) is 18.3 Å². The van der Waals surface area contributed by atoms with Gasteiger partial charge in [-0.3, -0.25) is 19.2 Å². The van der Waals surface area contributed by atoms with Gasteiger partial charge in [-0.05, 0) is 44.9 Å². The van der Waals surface area contributed by atoms with Gasteiger partial charge in [0.15, 0.2) is 5.69 Å². The number of nitrogens with one attached hydrogen (secondary N) is 1. The monoisotopic (exact) mass is 460 g/mol. The lowest BCUT2D eigenvalue weighted by Gasteiger charge is -2.43. The molecule has 0 fully saturated rings. The third kappa shape index (κ3) is 4.19. The molecule has 0 bridgehead atoms. The molecule has 8 heteroatoms. The topological polar surface area (TPSA) is 93.5 Å². The smallest absolute Gasteiger partial charge is 0.358 e. The van der Waals surface area contributed by atoms with Crippen molar-refractivity contribution in [1.82, 2.24) is 15.1 Å². The lowest BCUT2D eigenvalue weighted by molar-refractivity contribution is -0.126. The Balaban J connectivity index is 1.76. The first kappa shape index (κ1) is 23.2. The molecule has 2 amide bonds. The van der Waals surface area contributed by atoms with E-state index in [1.54, 1.807) is 13.8 Å². The number of esters is 1. The highest BCUT2D eigenvalue weighted by Crippen LogP contribution is 2.35. The number of amides is 2. The van der Waals surface area contributed by atoms with E-state index in [9.17, 15) is 14.4 Å². The zero-order valence-corrected chi connectivity index (χ0v) is 19.8. The average Bonchev–Trinajstić information content (AvgIpc) is 3.24. The van der Waals surface area contributed by atoms with Crippen LogP contribution in [0.3, 0.4) is 0 Å². The molecule has 1 atom stereocenters. The summed E-state index contributed by atoms with van der Waals surface area (Å²) in [6, 6.07) is 16.7. The molecule has 1 aliphatic rings. The van der Waals surface area contributed by atoms with Crippen LogP contribution in [0.5, 0.6) is 0 Å². The standard InChI is InChI=1S/C26H28N4O4/c1-5-34-24(32)20-14-22-23(31)30(21-12-11-17(2)13-18(21)3)26(4,16-29(22)28-20)25(33)27-15-19-9-7-6-8-10-19/h6-14H,5,15-16H2,1-4H3,(H,27,33)/t26-/m1/s1. The molecule has 0 radical (unpaired) electrons. The van der Waals surface area contributed by atoms with E-state index in [1.165, 1.54) is 15.6 Å². The van der Waals surface area contributed by atoms with Crippen LogP contribution in [0.2, 0.25) is 0 Å². The van der Waals surface area contributed by atoms with Crippen LogP contribution in [0.25, 0.3) is 0 Å². The summed E-state index contributed by atoms with van der Waals surface area (Å²) in [7, 11) is 0. The Kier molecular flexibility index (Phi) is 6.24.